The number of rotatable bonds is 7. The summed E-state index contributed by atoms with van der Waals surface area (Å²) in [7, 11) is 1.63. The van der Waals surface area contributed by atoms with E-state index in [1.54, 1.807) is 19.2 Å². The molecule has 1 aliphatic carbocycles. The Balaban J connectivity index is 1.59. The zero-order valence-electron chi connectivity index (χ0n) is 17.9. The number of ether oxygens (including phenoxy) is 1. The molecule has 2 heterocycles. The highest BCUT2D eigenvalue weighted by atomic mass is 16.6. The Morgan fingerprint density at radius 2 is 1.84 bits per heavy atom. The van der Waals surface area contributed by atoms with Gasteiger partial charge in [0.15, 0.2) is 0 Å². The number of hydrogen-bond donors (Lipinski definition) is 0. The Bertz CT molecular complexity index is 967. The van der Waals surface area contributed by atoms with Crippen LogP contribution in [0.25, 0.3) is 0 Å². The van der Waals surface area contributed by atoms with E-state index in [9.17, 15) is 14.9 Å². The van der Waals surface area contributed by atoms with Crippen LogP contribution in [-0.2, 0) is 22.6 Å². The van der Waals surface area contributed by atoms with E-state index < -0.39 is 4.92 Å². The lowest BCUT2D eigenvalue weighted by atomic mass is 10.0. The summed E-state index contributed by atoms with van der Waals surface area (Å²) in [5.41, 5.74) is 2.79. The van der Waals surface area contributed by atoms with Crippen molar-refractivity contribution in [3.63, 3.8) is 0 Å². The van der Waals surface area contributed by atoms with Crippen LogP contribution >= 0.6 is 0 Å². The van der Waals surface area contributed by atoms with Crippen molar-refractivity contribution in [2.24, 2.45) is 5.92 Å². The third-order valence-electron chi connectivity index (χ3n) is 5.81. The number of carbonyl (C=O) groups excluding carboxylic acids is 1. The van der Waals surface area contributed by atoms with Crippen LogP contribution in [0.15, 0.2) is 24.3 Å². The minimum atomic E-state index is -0.400. The van der Waals surface area contributed by atoms with Crippen molar-refractivity contribution >= 4 is 17.4 Å². The van der Waals surface area contributed by atoms with Crippen molar-refractivity contribution < 1.29 is 14.5 Å². The fourth-order valence-electron chi connectivity index (χ4n) is 4.00. The van der Waals surface area contributed by atoms with Crippen molar-refractivity contribution in [1.82, 2.24) is 14.9 Å². The van der Waals surface area contributed by atoms with Gasteiger partial charge in [-0.05, 0) is 25.3 Å². The van der Waals surface area contributed by atoms with E-state index in [2.05, 4.69) is 9.88 Å². The zero-order valence-corrected chi connectivity index (χ0v) is 17.9. The van der Waals surface area contributed by atoms with Crippen molar-refractivity contribution in [1.29, 1.82) is 0 Å². The lowest BCUT2D eigenvalue weighted by Crippen LogP contribution is -2.49. The van der Waals surface area contributed by atoms with Crippen LogP contribution in [0.1, 0.15) is 35.5 Å². The number of non-ortho nitro benzene ring substituents is 1. The number of anilines is 1. The lowest BCUT2D eigenvalue weighted by molar-refractivity contribution is -0.384. The molecule has 0 N–H and O–H groups in total. The molecular weight excluding hydrogens is 398 g/mol. The van der Waals surface area contributed by atoms with Gasteiger partial charge in [0.2, 0.25) is 5.91 Å². The Hall–Kier alpha value is -3.07. The minimum Gasteiger partial charge on any atom is -0.378 e. The summed E-state index contributed by atoms with van der Waals surface area (Å²) < 4.78 is 5.38. The number of aryl methyl sites for hydroxylation is 1. The molecule has 1 aromatic carbocycles. The Morgan fingerprint density at radius 1 is 1.16 bits per heavy atom. The van der Waals surface area contributed by atoms with Crippen molar-refractivity contribution in [3.05, 3.63) is 57.0 Å². The molecule has 0 atom stereocenters. The van der Waals surface area contributed by atoms with Gasteiger partial charge in [0.25, 0.3) is 5.69 Å². The SMILES string of the molecule is COCc1nc(C)nc(N2CCN(C(=O)C3CC3)CC2)c1Cc1ccc([N+](=O)[O-])cc1. The van der Waals surface area contributed by atoms with Gasteiger partial charge >= 0.3 is 0 Å². The van der Waals surface area contributed by atoms with Gasteiger partial charge in [0.05, 0.1) is 17.2 Å². The third-order valence-corrected chi connectivity index (χ3v) is 5.81. The molecule has 0 unspecified atom stereocenters. The lowest BCUT2D eigenvalue weighted by Gasteiger charge is -2.36. The second-order valence-corrected chi connectivity index (χ2v) is 8.14. The summed E-state index contributed by atoms with van der Waals surface area (Å²) >= 11 is 0. The molecule has 1 amide bonds. The van der Waals surface area contributed by atoms with Gasteiger partial charge in [-0.25, -0.2) is 9.97 Å². The quantitative estimate of drug-likeness (QED) is 0.496. The number of piperazine rings is 1. The van der Waals surface area contributed by atoms with Gasteiger partial charge in [-0.1, -0.05) is 12.1 Å². The summed E-state index contributed by atoms with van der Waals surface area (Å²) in [6.45, 7) is 5.04. The topological polar surface area (TPSA) is 102 Å². The van der Waals surface area contributed by atoms with E-state index in [4.69, 9.17) is 9.72 Å². The van der Waals surface area contributed by atoms with E-state index in [1.807, 2.05) is 11.8 Å². The predicted molar refractivity (Wildman–Crippen MR) is 115 cm³/mol. The molecular formula is C22H27N5O4. The first kappa shape index (κ1) is 21.2. The van der Waals surface area contributed by atoms with Gasteiger partial charge < -0.3 is 14.5 Å². The standard InChI is InChI=1S/C22H27N5O4/c1-15-23-20(14-31-2)19(13-16-3-7-18(8-4-16)27(29)30)21(24-15)25-9-11-26(12-10-25)22(28)17-5-6-17/h3-4,7-8,17H,5-6,9-14H2,1-2H3. The molecule has 9 nitrogen and oxygen atoms in total. The maximum atomic E-state index is 12.4. The van der Waals surface area contributed by atoms with E-state index in [0.717, 1.165) is 35.5 Å². The van der Waals surface area contributed by atoms with Crippen molar-refractivity contribution in [3.8, 4) is 0 Å². The van der Waals surface area contributed by atoms with Crippen LogP contribution in [0.5, 0.6) is 0 Å². The zero-order chi connectivity index (χ0) is 22.0. The number of nitrogens with zero attached hydrogens (tertiary/aromatic N) is 5. The van der Waals surface area contributed by atoms with Crippen molar-refractivity contribution in [2.75, 3.05) is 38.2 Å². The van der Waals surface area contributed by atoms with Gasteiger partial charge in [-0.2, -0.15) is 0 Å². The number of nitro benzene ring substituents is 1. The summed E-state index contributed by atoms with van der Waals surface area (Å²) in [5, 5.41) is 11.0. The number of aromatic nitrogens is 2. The number of carbonyl (C=O) groups is 1. The molecule has 1 saturated carbocycles. The molecule has 0 radical (unpaired) electrons. The molecule has 31 heavy (non-hydrogen) atoms. The van der Waals surface area contributed by atoms with Gasteiger partial charge in [-0.15, -0.1) is 0 Å². The summed E-state index contributed by atoms with van der Waals surface area (Å²) in [4.78, 5) is 36.5. The molecule has 0 bridgehead atoms. The number of amides is 1. The van der Waals surface area contributed by atoms with Gasteiger partial charge in [0.1, 0.15) is 11.6 Å². The first-order valence-electron chi connectivity index (χ1n) is 10.6. The van der Waals surface area contributed by atoms with Crippen LogP contribution in [-0.4, -0.2) is 59.0 Å². The van der Waals surface area contributed by atoms with E-state index in [1.165, 1.54) is 12.1 Å². The highest BCUT2D eigenvalue weighted by molar-refractivity contribution is 5.81. The Morgan fingerprint density at radius 3 is 2.42 bits per heavy atom. The van der Waals surface area contributed by atoms with Crippen LogP contribution in [0, 0.1) is 23.0 Å². The molecule has 9 heteroatoms. The molecule has 2 aromatic rings. The number of hydrogen-bond acceptors (Lipinski definition) is 7. The second kappa shape index (κ2) is 8.97. The van der Waals surface area contributed by atoms with Crippen LogP contribution < -0.4 is 4.90 Å². The maximum Gasteiger partial charge on any atom is 0.269 e. The monoisotopic (exact) mass is 425 g/mol. The van der Waals surface area contributed by atoms with Crippen molar-refractivity contribution in [2.45, 2.75) is 32.8 Å². The maximum absolute atomic E-state index is 12.4. The molecule has 2 aliphatic rings. The number of nitro groups is 1. The summed E-state index contributed by atoms with van der Waals surface area (Å²) in [6.07, 6.45) is 2.58. The average molecular weight is 425 g/mol. The van der Waals surface area contributed by atoms with E-state index in [-0.39, 0.29) is 17.5 Å². The Kier molecular flexibility index (Phi) is 6.13. The molecule has 0 spiro atoms. The molecule has 4 rings (SSSR count). The van der Waals surface area contributed by atoms with Crippen LogP contribution in [0.3, 0.4) is 0 Å². The summed E-state index contributed by atoms with van der Waals surface area (Å²) in [6, 6.07) is 6.57. The Labute approximate surface area is 181 Å². The van der Waals surface area contributed by atoms with Crippen LogP contribution in [0.2, 0.25) is 0 Å². The summed E-state index contributed by atoms with van der Waals surface area (Å²) in [5.74, 6) is 2.05. The molecule has 2 fully saturated rings. The highest BCUT2D eigenvalue weighted by Gasteiger charge is 2.35. The number of methoxy groups -OCH3 is 1. The number of benzene rings is 1. The largest absolute Gasteiger partial charge is 0.378 e. The smallest absolute Gasteiger partial charge is 0.269 e. The van der Waals surface area contributed by atoms with Gasteiger partial charge in [-0.3, -0.25) is 14.9 Å². The average Bonchev–Trinajstić information content (AvgIpc) is 3.61. The third kappa shape index (κ3) is 4.82. The van der Waals surface area contributed by atoms with Crippen LogP contribution in [0.4, 0.5) is 11.5 Å². The molecule has 1 saturated heterocycles. The normalized spacial score (nSPS) is 16.5. The molecule has 1 aromatic heterocycles. The molecule has 1 aliphatic heterocycles. The first-order chi connectivity index (χ1) is 15.0. The minimum absolute atomic E-state index is 0.0673. The highest BCUT2D eigenvalue weighted by Crippen LogP contribution is 2.32. The van der Waals surface area contributed by atoms with Gasteiger partial charge in [0, 0.05) is 63.3 Å². The fourth-order valence-corrected chi connectivity index (χ4v) is 4.00. The predicted octanol–water partition coefficient (Wildman–Crippen LogP) is 2.49. The first-order valence-corrected chi connectivity index (χ1v) is 10.6. The van der Waals surface area contributed by atoms with E-state index >= 15 is 0 Å². The molecule has 164 valence electrons. The second-order valence-electron chi connectivity index (χ2n) is 8.14. The van der Waals surface area contributed by atoms with E-state index in [0.29, 0.717) is 45.0 Å². The fraction of sp³-hybridized carbons (Fsp3) is 0.500.